The van der Waals surface area contributed by atoms with Crippen LogP contribution in [0.25, 0.3) is 5.65 Å². The van der Waals surface area contributed by atoms with Crippen molar-refractivity contribution in [3.8, 4) is 11.8 Å². The van der Waals surface area contributed by atoms with Crippen LogP contribution in [0.4, 0.5) is 0 Å². The number of imidazole rings is 1. The molecule has 0 bridgehead atoms. The number of hydrogen-bond acceptors (Lipinski definition) is 6. The normalized spacial score (nSPS) is 17.1. The molecule has 0 saturated carbocycles. The highest BCUT2D eigenvalue weighted by Crippen LogP contribution is 2.21. The molecule has 1 atom stereocenters. The number of ether oxygens (including phenoxy) is 2. The molecule has 4 heterocycles. The number of carbonyl (C=O) groups excluding carboxylic acids is 1. The van der Waals surface area contributed by atoms with Gasteiger partial charge in [0.15, 0.2) is 0 Å². The van der Waals surface area contributed by atoms with E-state index in [-0.39, 0.29) is 12.0 Å². The smallest absolute Gasteiger partial charge is 0.272 e. The molecule has 3 aromatic heterocycles. The molecule has 0 radical (unpaired) electrons. The molecule has 8 heteroatoms. The lowest BCUT2D eigenvalue weighted by atomic mass is 10.1. The molecule has 0 spiro atoms. The quantitative estimate of drug-likeness (QED) is 0.703. The average molecular weight is 367 g/mol. The monoisotopic (exact) mass is 367 g/mol. The summed E-state index contributed by atoms with van der Waals surface area (Å²) in [5, 5.41) is 7.92. The van der Waals surface area contributed by atoms with E-state index < -0.39 is 0 Å². The van der Waals surface area contributed by atoms with Crippen molar-refractivity contribution in [1.82, 2.24) is 24.5 Å². The molecule has 140 valence electrons. The molecule has 1 amide bonds. The van der Waals surface area contributed by atoms with Gasteiger partial charge in [-0.15, -0.1) is 10.2 Å². The van der Waals surface area contributed by atoms with Crippen molar-refractivity contribution in [3.05, 3.63) is 47.9 Å². The first-order valence-electron chi connectivity index (χ1n) is 8.93. The molecule has 4 rings (SSSR count). The maximum atomic E-state index is 13.1. The summed E-state index contributed by atoms with van der Waals surface area (Å²) in [4.78, 5) is 19.5. The number of piperidine rings is 1. The SMILES string of the molecule is COc1ccc(OC2CCCN(C(=O)c3c(C)nc4ccccn34)C2)nn1. The summed E-state index contributed by atoms with van der Waals surface area (Å²) in [5.74, 6) is 0.840. The lowest BCUT2D eigenvalue weighted by Crippen LogP contribution is -2.45. The lowest BCUT2D eigenvalue weighted by Gasteiger charge is -2.32. The standard InChI is InChI=1S/C19H21N5O3/c1-13-18(24-11-4-3-7-15(24)20-13)19(25)23-10-5-6-14(12-23)27-17-9-8-16(26-2)21-22-17/h3-4,7-9,11,14H,5-6,10,12H2,1-2H3. The predicted molar refractivity (Wildman–Crippen MR) is 98.1 cm³/mol. The van der Waals surface area contributed by atoms with Gasteiger partial charge in [-0.3, -0.25) is 9.20 Å². The molecule has 1 unspecified atom stereocenters. The van der Waals surface area contributed by atoms with E-state index in [1.165, 1.54) is 7.11 Å². The minimum absolute atomic E-state index is 0.0275. The summed E-state index contributed by atoms with van der Waals surface area (Å²) in [6, 6.07) is 9.14. The number of hydrogen-bond donors (Lipinski definition) is 0. The van der Waals surface area contributed by atoms with Gasteiger partial charge in [-0.1, -0.05) is 6.07 Å². The number of likely N-dealkylation sites (tertiary alicyclic amines) is 1. The summed E-state index contributed by atoms with van der Waals surface area (Å²) in [5.41, 5.74) is 2.11. The number of rotatable bonds is 4. The molecule has 8 nitrogen and oxygen atoms in total. The first-order chi connectivity index (χ1) is 13.2. The molecule has 0 aromatic carbocycles. The van der Waals surface area contributed by atoms with Gasteiger partial charge < -0.3 is 14.4 Å². The Morgan fingerprint density at radius 2 is 2.00 bits per heavy atom. The van der Waals surface area contributed by atoms with Gasteiger partial charge in [0.2, 0.25) is 11.8 Å². The number of nitrogens with zero attached hydrogens (tertiary/aromatic N) is 5. The number of amides is 1. The predicted octanol–water partition coefficient (Wildman–Crippen LogP) is 2.12. The van der Waals surface area contributed by atoms with Crippen molar-refractivity contribution in [2.24, 2.45) is 0 Å². The Kier molecular flexibility index (Phi) is 4.62. The lowest BCUT2D eigenvalue weighted by molar-refractivity contribution is 0.0518. The van der Waals surface area contributed by atoms with Gasteiger partial charge >= 0.3 is 0 Å². The Morgan fingerprint density at radius 3 is 2.78 bits per heavy atom. The molecule has 1 aliphatic heterocycles. The van der Waals surface area contributed by atoms with E-state index in [9.17, 15) is 4.79 Å². The molecule has 0 N–H and O–H groups in total. The van der Waals surface area contributed by atoms with E-state index in [0.29, 0.717) is 30.5 Å². The van der Waals surface area contributed by atoms with E-state index in [1.54, 1.807) is 12.1 Å². The summed E-state index contributed by atoms with van der Waals surface area (Å²) in [6.07, 6.45) is 3.48. The molecular weight excluding hydrogens is 346 g/mol. The molecule has 1 saturated heterocycles. The zero-order valence-corrected chi connectivity index (χ0v) is 15.3. The van der Waals surface area contributed by atoms with Crippen molar-refractivity contribution in [2.45, 2.75) is 25.9 Å². The van der Waals surface area contributed by atoms with Crippen molar-refractivity contribution in [2.75, 3.05) is 20.2 Å². The van der Waals surface area contributed by atoms with Gasteiger partial charge in [0.25, 0.3) is 5.91 Å². The summed E-state index contributed by atoms with van der Waals surface area (Å²) in [6.45, 7) is 3.07. The van der Waals surface area contributed by atoms with Crippen LogP contribution in [0.2, 0.25) is 0 Å². The third-order valence-electron chi connectivity index (χ3n) is 4.68. The number of pyridine rings is 1. The summed E-state index contributed by atoms with van der Waals surface area (Å²) < 4.78 is 12.8. The second-order valence-corrected chi connectivity index (χ2v) is 6.52. The van der Waals surface area contributed by atoms with Gasteiger partial charge in [0.1, 0.15) is 17.4 Å². The highest BCUT2D eigenvalue weighted by atomic mass is 16.5. The molecule has 1 aliphatic rings. The Bertz CT molecular complexity index is 954. The zero-order valence-electron chi connectivity index (χ0n) is 15.3. The van der Waals surface area contributed by atoms with Crippen LogP contribution in [0.5, 0.6) is 11.8 Å². The molecule has 27 heavy (non-hydrogen) atoms. The van der Waals surface area contributed by atoms with E-state index in [4.69, 9.17) is 9.47 Å². The van der Waals surface area contributed by atoms with Crippen LogP contribution in [0, 0.1) is 6.92 Å². The highest BCUT2D eigenvalue weighted by molar-refractivity contribution is 5.94. The number of methoxy groups -OCH3 is 1. The Morgan fingerprint density at radius 1 is 1.19 bits per heavy atom. The highest BCUT2D eigenvalue weighted by Gasteiger charge is 2.29. The van der Waals surface area contributed by atoms with Gasteiger partial charge in [0, 0.05) is 24.9 Å². The van der Waals surface area contributed by atoms with Gasteiger partial charge in [-0.2, -0.15) is 0 Å². The molecular formula is C19H21N5O3. The Hall–Kier alpha value is -3.16. The van der Waals surface area contributed by atoms with Crippen LogP contribution in [0.15, 0.2) is 36.5 Å². The number of aryl methyl sites for hydroxylation is 1. The fourth-order valence-electron chi connectivity index (χ4n) is 3.39. The Labute approximate surface area is 156 Å². The van der Waals surface area contributed by atoms with E-state index in [1.807, 2.05) is 40.6 Å². The molecule has 3 aromatic rings. The van der Waals surface area contributed by atoms with Crippen LogP contribution in [-0.4, -0.2) is 56.7 Å². The number of aromatic nitrogens is 4. The van der Waals surface area contributed by atoms with Crippen LogP contribution in [0.1, 0.15) is 29.0 Å². The second-order valence-electron chi connectivity index (χ2n) is 6.52. The second kappa shape index (κ2) is 7.22. The minimum atomic E-state index is -0.120. The van der Waals surface area contributed by atoms with Crippen molar-refractivity contribution in [1.29, 1.82) is 0 Å². The first-order valence-corrected chi connectivity index (χ1v) is 8.93. The van der Waals surface area contributed by atoms with E-state index >= 15 is 0 Å². The fraction of sp³-hybridized carbons (Fsp3) is 0.368. The maximum Gasteiger partial charge on any atom is 0.272 e. The number of fused-ring (bicyclic) bond motifs is 1. The average Bonchev–Trinajstić information content (AvgIpc) is 3.04. The van der Waals surface area contributed by atoms with Gasteiger partial charge in [-0.25, -0.2) is 4.98 Å². The van der Waals surface area contributed by atoms with Crippen molar-refractivity contribution >= 4 is 11.6 Å². The molecule has 0 aliphatic carbocycles. The van der Waals surface area contributed by atoms with Gasteiger partial charge in [0.05, 0.1) is 19.3 Å². The third-order valence-corrected chi connectivity index (χ3v) is 4.68. The Balaban J connectivity index is 1.50. The van der Waals surface area contributed by atoms with E-state index in [0.717, 1.165) is 24.2 Å². The fourth-order valence-corrected chi connectivity index (χ4v) is 3.39. The minimum Gasteiger partial charge on any atom is -0.480 e. The zero-order chi connectivity index (χ0) is 18.8. The topological polar surface area (TPSA) is 81.9 Å². The van der Waals surface area contributed by atoms with Crippen LogP contribution < -0.4 is 9.47 Å². The van der Waals surface area contributed by atoms with Crippen LogP contribution in [0.3, 0.4) is 0 Å². The van der Waals surface area contributed by atoms with Crippen LogP contribution in [-0.2, 0) is 0 Å². The van der Waals surface area contributed by atoms with Crippen molar-refractivity contribution in [3.63, 3.8) is 0 Å². The van der Waals surface area contributed by atoms with Gasteiger partial charge in [-0.05, 0) is 31.9 Å². The van der Waals surface area contributed by atoms with Crippen LogP contribution >= 0.6 is 0 Å². The maximum absolute atomic E-state index is 13.1. The third kappa shape index (κ3) is 3.42. The first kappa shape index (κ1) is 17.3. The summed E-state index contributed by atoms with van der Waals surface area (Å²) >= 11 is 0. The summed E-state index contributed by atoms with van der Waals surface area (Å²) in [7, 11) is 1.54. The largest absolute Gasteiger partial charge is 0.480 e. The van der Waals surface area contributed by atoms with E-state index in [2.05, 4.69) is 15.2 Å². The molecule has 1 fully saturated rings. The number of carbonyl (C=O) groups is 1. The van der Waals surface area contributed by atoms with Crippen molar-refractivity contribution < 1.29 is 14.3 Å².